The number of ether oxygens (including phenoxy) is 1. The summed E-state index contributed by atoms with van der Waals surface area (Å²) in [6.45, 7) is 6.07. The molecule has 2 aromatic rings. The lowest BCUT2D eigenvalue weighted by Crippen LogP contribution is -2.05. The molecule has 3 nitrogen and oxygen atoms in total. The normalized spacial score (nSPS) is 11.7. The number of nitrogens with zero attached hydrogens (tertiary/aromatic N) is 2. The van der Waals surface area contributed by atoms with E-state index in [0.717, 1.165) is 22.6 Å². The van der Waals surface area contributed by atoms with Gasteiger partial charge in [0.15, 0.2) is 0 Å². The summed E-state index contributed by atoms with van der Waals surface area (Å²) in [5.74, 6) is 0.893. The Kier molecular flexibility index (Phi) is 4.29. The Morgan fingerprint density at radius 1 is 1.16 bits per heavy atom. The van der Waals surface area contributed by atoms with Gasteiger partial charge >= 0.3 is 0 Å². The van der Waals surface area contributed by atoms with Crippen LogP contribution in [0.5, 0.6) is 5.75 Å². The van der Waals surface area contributed by atoms with Crippen LogP contribution in [-0.4, -0.2) is 16.1 Å². The van der Waals surface area contributed by atoms with Crippen molar-refractivity contribution < 1.29 is 4.74 Å². The zero-order valence-electron chi connectivity index (χ0n) is 11.5. The minimum absolute atomic E-state index is 0.197. The van der Waals surface area contributed by atoms with Crippen LogP contribution in [0.2, 0.25) is 0 Å². The third kappa shape index (κ3) is 3.91. The second kappa shape index (κ2) is 6.14. The summed E-state index contributed by atoms with van der Waals surface area (Å²) < 4.78 is 5.62. The molecule has 0 aliphatic heterocycles. The molecular formula is C16H18N2O. The van der Waals surface area contributed by atoms with Crippen LogP contribution >= 0.6 is 0 Å². The molecule has 0 fully saturated rings. The molecule has 2 rings (SSSR count). The van der Waals surface area contributed by atoms with E-state index in [1.165, 1.54) is 0 Å². The monoisotopic (exact) mass is 254 g/mol. The Hall–Kier alpha value is -2.16. The molecule has 0 N–H and O–H groups in total. The first-order valence-electron chi connectivity index (χ1n) is 6.36. The van der Waals surface area contributed by atoms with Crippen molar-refractivity contribution in [3.05, 3.63) is 54.1 Å². The second-order valence-electron chi connectivity index (χ2n) is 4.65. The van der Waals surface area contributed by atoms with Crippen molar-refractivity contribution in [2.75, 3.05) is 0 Å². The molecule has 98 valence electrons. The number of allylic oxidation sites excluding steroid dienone is 1. The van der Waals surface area contributed by atoms with Crippen LogP contribution < -0.4 is 4.74 Å². The first-order chi connectivity index (χ1) is 9.15. The van der Waals surface area contributed by atoms with E-state index in [1.807, 2.05) is 45.0 Å². The van der Waals surface area contributed by atoms with Crippen molar-refractivity contribution in [2.45, 2.75) is 26.9 Å². The minimum atomic E-state index is 0.197. The van der Waals surface area contributed by atoms with Crippen molar-refractivity contribution in [3.8, 4) is 5.75 Å². The standard InChI is InChI=1S/C16H18N2O/c1-12(2)19-15-6-4-14(5-7-15)10-13(3)16-11-17-8-9-18-16/h4-12H,1-3H3. The van der Waals surface area contributed by atoms with Gasteiger partial charge in [-0.2, -0.15) is 0 Å². The molecule has 0 radical (unpaired) electrons. The maximum absolute atomic E-state index is 5.62. The molecule has 0 spiro atoms. The molecular weight excluding hydrogens is 236 g/mol. The van der Waals surface area contributed by atoms with Crippen LogP contribution in [0, 0.1) is 0 Å². The fraction of sp³-hybridized carbons (Fsp3) is 0.250. The quantitative estimate of drug-likeness (QED) is 0.831. The van der Waals surface area contributed by atoms with Crippen LogP contribution in [0.1, 0.15) is 32.0 Å². The number of hydrogen-bond acceptors (Lipinski definition) is 3. The van der Waals surface area contributed by atoms with Gasteiger partial charge in [0.2, 0.25) is 0 Å². The zero-order valence-corrected chi connectivity index (χ0v) is 11.5. The summed E-state index contributed by atoms with van der Waals surface area (Å²) in [6.07, 6.45) is 7.43. The van der Waals surface area contributed by atoms with Gasteiger partial charge in [-0.25, -0.2) is 0 Å². The number of rotatable bonds is 4. The molecule has 0 aliphatic carbocycles. The Balaban J connectivity index is 2.15. The minimum Gasteiger partial charge on any atom is -0.491 e. The molecule has 3 heteroatoms. The summed E-state index contributed by atoms with van der Waals surface area (Å²) in [6, 6.07) is 8.04. The van der Waals surface area contributed by atoms with Crippen LogP contribution in [0.3, 0.4) is 0 Å². The van der Waals surface area contributed by atoms with Gasteiger partial charge in [0.1, 0.15) is 5.75 Å². The molecule has 0 unspecified atom stereocenters. The van der Waals surface area contributed by atoms with Gasteiger partial charge in [0.05, 0.1) is 18.0 Å². The average Bonchev–Trinajstić information content (AvgIpc) is 2.41. The van der Waals surface area contributed by atoms with Crippen LogP contribution in [0.4, 0.5) is 0 Å². The smallest absolute Gasteiger partial charge is 0.119 e. The number of aromatic nitrogens is 2. The van der Waals surface area contributed by atoms with E-state index in [-0.39, 0.29) is 6.10 Å². The lowest BCUT2D eigenvalue weighted by atomic mass is 10.1. The average molecular weight is 254 g/mol. The van der Waals surface area contributed by atoms with Gasteiger partial charge < -0.3 is 4.74 Å². The van der Waals surface area contributed by atoms with E-state index in [2.05, 4.69) is 16.0 Å². The van der Waals surface area contributed by atoms with Gasteiger partial charge in [-0.15, -0.1) is 0 Å². The fourth-order valence-corrected chi connectivity index (χ4v) is 1.74. The van der Waals surface area contributed by atoms with Gasteiger partial charge in [-0.1, -0.05) is 12.1 Å². The van der Waals surface area contributed by atoms with E-state index in [1.54, 1.807) is 18.6 Å². The molecule has 0 saturated heterocycles. The predicted octanol–water partition coefficient (Wildman–Crippen LogP) is 3.82. The molecule has 19 heavy (non-hydrogen) atoms. The SMILES string of the molecule is CC(=Cc1ccc(OC(C)C)cc1)c1cnccn1. The van der Waals surface area contributed by atoms with E-state index >= 15 is 0 Å². The van der Waals surface area contributed by atoms with Crippen molar-refractivity contribution in [2.24, 2.45) is 0 Å². The predicted molar refractivity (Wildman–Crippen MR) is 77.8 cm³/mol. The third-order valence-electron chi connectivity index (χ3n) is 2.60. The molecule has 0 atom stereocenters. The number of hydrogen-bond donors (Lipinski definition) is 0. The summed E-state index contributed by atoms with van der Waals surface area (Å²) in [5, 5.41) is 0. The first-order valence-corrected chi connectivity index (χ1v) is 6.36. The fourth-order valence-electron chi connectivity index (χ4n) is 1.74. The van der Waals surface area contributed by atoms with Crippen molar-refractivity contribution in [3.63, 3.8) is 0 Å². The van der Waals surface area contributed by atoms with Gasteiger partial charge in [0.25, 0.3) is 0 Å². The van der Waals surface area contributed by atoms with Crippen molar-refractivity contribution in [1.29, 1.82) is 0 Å². The summed E-state index contributed by atoms with van der Waals surface area (Å²) >= 11 is 0. The highest BCUT2D eigenvalue weighted by Gasteiger charge is 1.99. The molecule has 1 aromatic carbocycles. The maximum atomic E-state index is 5.62. The molecule has 0 amide bonds. The topological polar surface area (TPSA) is 35.0 Å². The highest BCUT2D eigenvalue weighted by atomic mass is 16.5. The molecule has 0 bridgehead atoms. The van der Waals surface area contributed by atoms with Crippen LogP contribution in [0.15, 0.2) is 42.9 Å². The zero-order chi connectivity index (χ0) is 13.7. The van der Waals surface area contributed by atoms with Gasteiger partial charge in [-0.05, 0) is 50.1 Å². The summed E-state index contributed by atoms with van der Waals surface area (Å²) in [4.78, 5) is 8.35. The van der Waals surface area contributed by atoms with Crippen molar-refractivity contribution >= 4 is 11.6 Å². The highest BCUT2D eigenvalue weighted by Crippen LogP contribution is 2.18. The largest absolute Gasteiger partial charge is 0.491 e. The molecule has 0 aliphatic rings. The number of benzene rings is 1. The first kappa shape index (κ1) is 13.3. The Bertz CT molecular complexity index is 545. The maximum Gasteiger partial charge on any atom is 0.119 e. The van der Waals surface area contributed by atoms with E-state index in [4.69, 9.17) is 4.74 Å². The third-order valence-corrected chi connectivity index (χ3v) is 2.60. The molecule has 0 saturated carbocycles. The van der Waals surface area contributed by atoms with Crippen LogP contribution in [0.25, 0.3) is 11.6 Å². The van der Waals surface area contributed by atoms with E-state index in [9.17, 15) is 0 Å². The second-order valence-corrected chi connectivity index (χ2v) is 4.65. The summed E-state index contributed by atoms with van der Waals surface area (Å²) in [5.41, 5.74) is 3.11. The van der Waals surface area contributed by atoms with Gasteiger partial charge in [0, 0.05) is 12.4 Å². The molecule has 1 heterocycles. The Morgan fingerprint density at radius 3 is 2.47 bits per heavy atom. The summed E-state index contributed by atoms with van der Waals surface area (Å²) in [7, 11) is 0. The van der Waals surface area contributed by atoms with E-state index < -0.39 is 0 Å². The lowest BCUT2D eigenvalue weighted by molar-refractivity contribution is 0.242. The highest BCUT2D eigenvalue weighted by molar-refractivity contribution is 5.78. The van der Waals surface area contributed by atoms with E-state index in [0.29, 0.717) is 0 Å². The van der Waals surface area contributed by atoms with Crippen LogP contribution in [-0.2, 0) is 0 Å². The Labute approximate surface area is 114 Å². The Morgan fingerprint density at radius 2 is 1.89 bits per heavy atom. The lowest BCUT2D eigenvalue weighted by Gasteiger charge is -2.09. The van der Waals surface area contributed by atoms with Crippen molar-refractivity contribution in [1.82, 2.24) is 9.97 Å². The van der Waals surface area contributed by atoms with Gasteiger partial charge in [-0.3, -0.25) is 9.97 Å². The molecule has 1 aromatic heterocycles.